The van der Waals surface area contributed by atoms with E-state index in [1.165, 1.54) is 11.1 Å². The predicted octanol–water partition coefficient (Wildman–Crippen LogP) is 2.06. The van der Waals surface area contributed by atoms with Crippen molar-refractivity contribution in [1.29, 1.82) is 0 Å². The number of hydrogen-bond donors (Lipinski definition) is 1. The van der Waals surface area contributed by atoms with Crippen LogP contribution >= 0.6 is 0 Å². The third-order valence-electron chi connectivity index (χ3n) is 4.29. The van der Waals surface area contributed by atoms with Crippen molar-refractivity contribution >= 4 is 0 Å². The molecule has 0 aliphatic carbocycles. The van der Waals surface area contributed by atoms with Gasteiger partial charge in [-0.2, -0.15) is 0 Å². The number of nitrogens with zero attached hydrogens (tertiary/aromatic N) is 2. The van der Waals surface area contributed by atoms with Crippen LogP contribution in [-0.4, -0.2) is 49.1 Å². The lowest BCUT2D eigenvalue weighted by atomic mass is 9.86. The van der Waals surface area contributed by atoms with Gasteiger partial charge in [0.05, 0.1) is 0 Å². The van der Waals surface area contributed by atoms with Crippen LogP contribution in [-0.2, 0) is 12.0 Å². The number of likely N-dealkylation sites (N-methyl/N-ethyl adjacent to an activating group) is 1. The molecule has 0 amide bonds. The summed E-state index contributed by atoms with van der Waals surface area (Å²) in [5, 5.41) is 0. The highest BCUT2D eigenvalue weighted by Gasteiger charge is 2.24. The molecule has 0 spiro atoms. The van der Waals surface area contributed by atoms with Crippen LogP contribution in [0.2, 0.25) is 0 Å². The number of rotatable bonds is 3. The second-order valence-corrected chi connectivity index (χ2v) is 7.07. The Morgan fingerprint density at radius 1 is 1.15 bits per heavy atom. The van der Waals surface area contributed by atoms with Gasteiger partial charge in [0.2, 0.25) is 0 Å². The van der Waals surface area contributed by atoms with Crippen molar-refractivity contribution in [2.75, 3.05) is 33.2 Å². The van der Waals surface area contributed by atoms with Crippen LogP contribution in [0.15, 0.2) is 24.3 Å². The predicted molar refractivity (Wildman–Crippen MR) is 85.9 cm³/mol. The Bertz CT molecular complexity index is 419. The molecule has 1 aromatic rings. The zero-order valence-electron chi connectivity index (χ0n) is 13.4. The highest BCUT2D eigenvalue weighted by atomic mass is 15.3. The summed E-state index contributed by atoms with van der Waals surface area (Å²) < 4.78 is 0. The Balaban J connectivity index is 2.02. The van der Waals surface area contributed by atoms with Gasteiger partial charge in [-0.05, 0) is 23.6 Å². The van der Waals surface area contributed by atoms with Gasteiger partial charge in [-0.15, -0.1) is 0 Å². The standard InChI is InChI=1S/C17H29N3/c1-17(2,3)15-7-5-14(6-8-15)12-20-10-9-19(4)13-16(20)11-18/h5-8,16H,9-13,18H2,1-4H3. The van der Waals surface area contributed by atoms with E-state index in [4.69, 9.17) is 5.73 Å². The van der Waals surface area contributed by atoms with Crippen molar-refractivity contribution in [3.63, 3.8) is 0 Å². The Hall–Kier alpha value is -0.900. The highest BCUT2D eigenvalue weighted by Crippen LogP contribution is 2.23. The second kappa shape index (κ2) is 6.25. The summed E-state index contributed by atoms with van der Waals surface area (Å²) in [5.74, 6) is 0. The van der Waals surface area contributed by atoms with Gasteiger partial charge in [0.1, 0.15) is 0 Å². The molecule has 1 aliphatic rings. The zero-order valence-corrected chi connectivity index (χ0v) is 13.4. The summed E-state index contributed by atoms with van der Waals surface area (Å²) in [6, 6.07) is 9.56. The zero-order chi connectivity index (χ0) is 14.8. The van der Waals surface area contributed by atoms with Crippen molar-refractivity contribution in [3.05, 3.63) is 35.4 Å². The van der Waals surface area contributed by atoms with Gasteiger partial charge >= 0.3 is 0 Å². The first kappa shape index (κ1) is 15.5. The van der Waals surface area contributed by atoms with Gasteiger partial charge in [0, 0.05) is 38.8 Å². The summed E-state index contributed by atoms with van der Waals surface area (Å²) >= 11 is 0. The molecule has 1 heterocycles. The number of piperazine rings is 1. The molecule has 1 aromatic carbocycles. The topological polar surface area (TPSA) is 32.5 Å². The highest BCUT2D eigenvalue weighted by molar-refractivity contribution is 5.27. The maximum Gasteiger partial charge on any atom is 0.0349 e. The van der Waals surface area contributed by atoms with Gasteiger partial charge in [0.25, 0.3) is 0 Å². The normalized spacial score (nSPS) is 22.1. The molecule has 1 aliphatic heterocycles. The van der Waals surface area contributed by atoms with Crippen LogP contribution in [0.1, 0.15) is 31.9 Å². The van der Waals surface area contributed by atoms with Crippen LogP contribution in [0, 0.1) is 0 Å². The van der Waals surface area contributed by atoms with E-state index in [0.29, 0.717) is 6.04 Å². The molecular formula is C17H29N3. The fraction of sp³-hybridized carbons (Fsp3) is 0.647. The van der Waals surface area contributed by atoms with E-state index in [1.807, 2.05) is 0 Å². The molecule has 0 bridgehead atoms. The van der Waals surface area contributed by atoms with Crippen LogP contribution in [0.25, 0.3) is 0 Å². The molecule has 112 valence electrons. The Kier molecular flexibility index (Phi) is 4.84. The van der Waals surface area contributed by atoms with Crippen LogP contribution in [0.4, 0.5) is 0 Å². The molecule has 1 saturated heterocycles. The summed E-state index contributed by atoms with van der Waals surface area (Å²) in [4.78, 5) is 4.89. The van der Waals surface area contributed by atoms with E-state index in [0.717, 1.165) is 32.7 Å². The van der Waals surface area contributed by atoms with E-state index in [2.05, 4.69) is 61.9 Å². The number of benzene rings is 1. The second-order valence-electron chi connectivity index (χ2n) is 7.07. The molecule has 20 heavy (non-hydrogen) atoms. The fourth-order valence-electron chi connectivity index (χ4n) is 2.82. The lowest BCUT2D eigenvalue weighted by molar-refractivity contribution is 0.0881. The van der Waals surface area contributed by atoms with E-state index in [9.17, 15) is 0 Å². The Labute approximate surface area is 123 Å². The third kappa shape index (κ3) is 3.81. The summed E-state index contributed by atoms with van der Waals surface area (Å²) in [6.07, 6.45) is 0. The first-order valence-electron chi connectivity index (χ1n) is 7.62. The summed E-state index contributed by atoms with van der Waals surface area (Å²) in [5.41, 5.74) is 8.94. The Morgan fingerprint density at radius 3 is 2.35 bits per heavy atom. The third-order valence-corrected chi connectivity index (χ3v) is 4.29. The Morgan fingerprint density at radius 2 is 1.80 bits per heavy atom. The van der Waals surface area contributed by atoms with Crippen LogP contribution in [0.5, 0.6) is 0 Å². The van der Waals surface area contributed by atoms with Gasteiger partial charge in [-0.3, -0.25) is 4.90 Å². The lowest BCUT2D eigenvalue weighted by Gasteiger charge is -2.39. The maximum absolute atomic E-state index is 5.92. The van der Waals surface area contributed by atoms with Gasteiger partial charge in [-0.1, -0.05) is 45.0 Å². The SMILES string of the molecule is CN1CCN(Cc2ccc(C(C)(C)C)cc2)C(CN)C1. The minimum absolute atomic E-state index is 0.228. The quantitative estimate of drug-likeness (QED) is 0.916. The number of hydrogen-bond acceptors (Lipinski definition) is 3. The van der Waals surface area contributed by atoms with E-state index in [-0.39, 0.29) is 5.41 Å². The molecule has 3 nitrogen and oxygen atoms in total. The maximum atomic E-state index is 5.92. The average molecular weight is 275 g/mol. The molecule has 0 radical (unpaired) electrons. The van der Waals surface area contributed by atoms with Crippen molar-refractivity contribution in [3.8, 4) is 0 Å². The molecular weight excluding hydrogens is 246 g/mol. The first-order chi connectivity index (χ1) is 9.40. The smallest absolute Gasteiger partial charge is 0.0349 e. The van der Waals surface area contributed by atoms with Crippen LogP contribution in [0.3, 0.4) is 0 Å². The van der Waals surface area contributed by atoms with Crippen molar-refractivity contribution in [1.82, 2.24) is 9.80 Å². The van der Waals surface area contributed by atoms with E-state index >= 15 is 0 Å². The average Bonchev–Trinajstić information content (AvgIpc) is 2.40. The van der Waals surface area contributed by atoms with E-state index in [1.54, 1.807) is 0 Å². The van der Waals surface area contributed by atoms with Crippen LogP contribution < -0.4 is 5.73 Å². The van der Waals surface area contributed by atoms with E-state index < -0.39 is 0 Å². The lowest BCUT2D eigenvalue weighted by Crippen LogP contribution is -2.54. The monoisotopic (exact) mass is 275 g/mol. The number of nitrogens with two attached hydrogens (primary N) is 1. The van der Waals surface area contributed by atoms with Gasteiger partial charge in [-0.25, -0.2) is 0 Å². The molecule has 1 fully saturated rings. The molecule has 2 N–H and O–H groups in total. The van der Waals surface area contributed by atoms with Gasteiger partial charge in [0.15, 0.2) is 0 Å². The fourth-order valence-corrected chi connectivity index (χ4v) is 2.82. The largest absolute Gasteiger partial charge is 0.329 e. The minimum Gasteiger partial charge on any atom is -0.329 e. The summed E-state index contributed by atoms with van der Waals surface area (Å²) in [6.45, 7) is 11.9. The van der Waals surface area contributed by atoms with Gasteiger partial charge < -0.3 is 10.6 Å². The molecule has 1 atom stereocenters. The molecule has 3 heteroatoms. The molecule has 0 saturated carbocycles. The molecule has 1 unspecified atom stereocenters. The van der Waals surface area contributed by atoms with Crippen molar-refractivity contribution in [2.45, 2.75) is 38.8 Å². The molecule has 2 rings (SSSR count). The summed E-state index contributed by atoms with van der Waals surface area (Å²) in [7, 11) is 2.18. The minimum atomic E-state index is 0.228. The van der Waals surface area contributed by atoms with Crippen molar-refractivity contribution in [2.24, 2.45) is 5.73 Å². The molecule has 0 aromatic heterocycles. The first-order valence-corrected chi connectivity index (χ1v) is 7.62. The van der Waals surface area contributed by atoms with Crippen molar-refractivity contribution < 1.29 is 0 Å².